The lowest BCUT2D eigenvalue weighted by Crippen LogP contribution is -2.58. The maximum Gasteiger partial charge on any atom is 0.242 e. The molecule has 0 atom stereocenters. The van der Waals surface area contributed by atoms with E-state index in [1.165, 1.54) is 6.42 Å². The molecule has 2 fully saturated rings. The Bertz CT molecular complexity index is 493. The molecule has 1 aromatic rings. The van der Waals surface area contributed by atoms with Gasteiger partial charge in [-0.3, -0.25) is 4.79 Å². The van der Waals surface area contributed by atoms with Crippen LogP contribution in [-0.2, 0) is 4.79 Å². The molecule has 3 rings (SSSR count). The van der Waals surface area contributed by atoms with Crippen molar-refractivity contribution in [3.05, 3.63) is 18.3 Å². The van der Waals surface area contributed by atoms with Gasteiger partial charge in [-0.15, -0.1) is 5.10 Å². The molecule has 0 radical (unpaired) electrons. The van der Waals surface area contributed by atoms with Crippen LogP contribution in [0.3, 0.4) is 0 Å². The van der Waals surface area contributed by atoms with Crippen LogP contribution in [0.2, 0.25) is 0 Å². The van der Waals surface area contributed by atoms with Gasteiger partial charge in [-0.1, -0.05) is 19.3 Å². The van der Waals surface area contributed by atoms with Crippen LogP contribution in [-0.4, -0.2) is 45.7 Å². The zero-order chi connectivity index (χ0) is 15.4. The number of likely N-dealkylation sites (tertiary alicyclic amines) is 1. The number of carbonyl (C=O) groups is 1. The number of rotatable bonds is 3. The minimum absolute atomic E-state index is 0.158. The fourth-order valence-electron chi connectivity index (χ4n) is 3.53. The summed E-state index contributed by atoms with van der Waals surface area (Å²) < 4.78 is 0. The number of hydrogen-bond acceptors (Lipinski definition) is 5. The first-order valence-corrected chi connectivity index (χ1v) is 8.30. The number of piperidine rings is 1. The lowest BCUT2D eigenvalue weighted by Gasteiger charge is -2.40. The van der Waals surface area contributed by atoms with Crippen molar-refractivity contribution in [2.24, 2.45) is 5.73 Å². The fourth-order valence-corrected chi connectivity index (χ4v) is 3.53. The average molecular weight is 303 g/mol. The highest BCUT2D eigenvalue weighted by molar-refractivity contribution is 5.86. The summed E-state index contributed by atoms with van der Waals surface area (Å²) in [5.41, 5.74) is 5.76. The Morgan fingerprint density at radius 1 is 1.27 bits per heavy atom. The van der Waals surface area contributed by atoms with Gasteiger partial charge in [0.05, 0.1) is 5.54 Å². The summed E-state index contributed by atoms with van der Waals surface area (Å²) >= 11 is 0. The normalized spacial score (nSPS) is 22.3. The summed E-state index contributed by atoms with van der Waals surface area (Å²) in [7, 11) is 0. The predicted molar refractivity (Wildman–Crippen MR) is 85.3 cm³/mol. The lowest BCUT2D eigenvalue weighted by molar-refractivity contribution is -0.139. The maximum atomic E-state index is 12.7. The number of nitrogens with one attached hydrogen (secondary N) is 1. The molecule has 3 N–H and O–H groups in total. The van der Waals surface area contributed by atoms with Crippen LogP contribution in [0.5, 0.6) is 0 Å². The fraction of sp³-hybridized carbons (Fsp3) is 0.688. The van der Waals surface area contributed by atoms with Crippen LogP contribution >= 0.6 is 0 Å². The molecule has 2 aliphatic rings. The van der Waals surface area contributed by atoms with Gasteiger partial charge in [0.1, 0.15) is 5.82 Å². The Balaban J connectivity index is 1.52. The van der Waals surface area contributed by atoms with Gasteiger partial charge in [0, 0.05) is 25.3 Å². The molecule has 1 amide bonds. The van der Waals surface area contributed by atoms with E-state index in [0.717, 1.165) is 57.4 Å². The second-order valence-corrected chi connectivity index (χ2v) is 6.54. The quantitative estimate of drug-likeness (QED) is 0.885. The minimum Gasteiger partial charge on any atom is -0.366 e. The van der Waals surface area contributed by atoms with Gasteiger partial charge in [-0.05, 0) is 37.8 Å². The Hall–Kier alpha value is -1.69. The molecular formula is C16H25N5O. The molecule has 2 heterocycles. The molecule has 0 bridgehead atoms. The minimum atomic E-state index is -0.608. The first-order valence-electron chi connectivity index (χ1n) is 8.30. The molecule has 6 nitrogen and oxygen atoms in total. The van der Waals surface area contributed by atoms with E-state index in [1.54, 1.807) is 6.20 Å². The van der Waals surface area contributed by atoms with Crippen LogP contribution in [0.1, 0.15) is 44.9 Å². The lowest BCUT2D eigenvalue weighted by atomic mass is 9.81. The van der Waals surface area contributed by atoms with Gasteiger partial charge >= 0.3 is 0 Å². The number of carbonyl (C=O) groups excluding carboxylic acids is 1. The van der Waals surface area contributed by atoms with E-state index >= 15 is 0 Å². The van der Waals surface area contributed by atoms with Crippen molar-refractivity contribution in [1.82, 2.24) is 15.1 Å². The monoisotopic (exact) mass is 303 g/mol. The van der Waals surface area contributed by atoms with Crippen molar-refractivity contribution in [2.45, 2.75) is 56.5 Å². The van der Waals surface area contributed by atoms with E-state index in [-0.39, 0.29) is 5.91 Å². The molecular weight excluding hydrogens is 278 g/mol. The molecule has 1 saturated carbocycles. The summed E-state index contributed by atoms with van der Waals surface area (Å²) in [6, 6.07) is 4.14. The Morgan fingerprint density at radius 3 is 2.64 bits per heavy atom. The van der Waals surface area contributed by atoms with Crippen molar-refractivity contribution >= 4 is 11.7 Å². The van der Waals surface area contributed by atoms with Crippen molar-refractivity contribution < 1.29 is 4.79 Å². The standard InChI is InChI=1S/C16H25N5O/c17-16(8-2-1-3-9-16)15(22)21-11-6-13(7-12-21)19-14-5-4-10-18-20-14/h4-5,10,13H,1-3,6-9,11-12,17H2,(H,19,20). The molecule has 0 unspecified atom stereocenters. The van der Waals surface area contributed by atoms with Gasteiger partial charge < -0.3 is 16.0 Å². The molecule has 1 saturated heterocycles. The number of nitrogens with two attached hydrogens (primary N) is 1. The predicted octanol–water partition coefficient (Wildman–Crippen LogP) is 1.54. The number of hydrogen-bond donors (Lipinski definition) is 2. The smallest absolute Gasteiger partial charge is 0.242 e. The van der Waals surface area contributed by atoms with Crippen LogP contribution in [0.15, 0.2) is 18.3 Å². The van der Waals surface area contributed by atoms with Crippen LogP contribution in [0.25, 0.3) is 0 Å². The third-order valence-electron chi connectivity index (χ3n) is 4.88. The molecule has 22 heavy (non-hydrogen) atoms. The van der Waals surface area contributed by atoms with Gasteiger partial charge in [-0.2, -0.15) is 5.10 Å². The van der Waals surface area contributed by atoms with Crippen molar-refractivity contribution in [2.75, 3.05) is 18.4 Å². The van der Waals surface area contributed by atoms with Gasteiger partial charge in [0.25, 0.3) is 0 Å². The number of amides is 1. The van der Waals surface area contributed by atoms with E-state index < -0.39 is 5.54 Å². The molecule has 0 spiro atoms. The van der Waals surface area contributed by atoms with E-state index in [4.69, 9.17) is 5.73 Å². The second-order valence-electron chi connectivity index (χ2n) is 6.54. The first-order chi connectivity index (χ1) is 10.7. The summed E-state index contributed by atoms with van der Waals surface area (Å²) in [6.45, 7) is 1.55. The summed E-state index contributed by atoms with van der Waals surface area (Å²) in [5, 5.41) is 11.3. The van der Waals surface area contributed by atoms with E-state index in [9.17, 15) is 4.79 Å². The summed E-state index contributed by atoms with van der Waals surface area (Å²) in [6.07, 6.45) is 8.55. The molecule has 120 valence electrons. The van der Waals surface area contributed by atoms with E-state index in [1.807, 2.05) is 17.0 Å². The molecule has 0 aromatic carbocycles. The largest absolute Gasteiger partial charge is 0.366 e. The van der Waals surface area contributed by atoms with Gasteiger partial charge in [0.2, 0.25) is 5.91 Å². The zero-order valence-corrected chi connectivity index (χ0v) is 13.0. The Labute approximate surface area is 131 Å². The van der Waals surface area contributed by atoms with E-state index in [2.05, 4.69) is 15.5 Å². The van der Waals surface area contributed by atoms with Crippen molar-refractivity contribution in [3.8, 4) is 0 Å². The summed E-state index contributed by atoms with van der Waals surface area (Å²) in [5.74, 6) is 0.958. The molecule has 1 aliphatic heterocycles. The second kappa shape index (κ2) is 6.60. The number of aromatic nitrogens is 2. The molecule has 6 heteroatoms. The number of nitrogens with zero attached hydrogens (tertiary/aromatic N) is 3. The van der Waals surface area contributed by atoms with Crippen LogP contribution < -0.4 is 11.1 Å². The maximum absolute atomic E-state index is 12.7. The third-order valence-corrected chi connectivity index (χ3v) is 4.88. The van der Waals surface area contributed by atoms with Crippen molar-refractivity contribution in [1.29, 1.82) is 0 Å². The average Bonchev–Trinajstić information content (AvgIpc) is 2.56. The SMILES string of the molecule is NC1(C(=O)N2CCC(Nc3cccnn3)CC2)CCCCC1. The first kappa shape index (κ1) is 15.2. The van der Waals surface area contributed by atoms with Crippen LogP contribution in [0, 0.1) is 0 Å². The topological polar surface area (TPSA) is 84.1 Å². The Morgan fingerprint density at radius 2 is 2.00 bits per heavy atom. The van der Waals surface area contributed by atoms with Crippen molar-refractivity contribution in [3.63, 3.8) is 0 Å². The third kappa shape index (κ3) is 3.38. The van der Waals surface area contributed by atoms with Gasteiger partial charge in [-0.25, -0.2) is 0 Å². The highest BCUT2D eigenvalue weighted by Crippen LogP contribution is 2.29. The zero-order valence-electron chi connectivity index (χ0n) is 13.0. The highest BCUT2D eigenvalue weighted by Gasteiger charge is 2.39. The Kier molecular flexibility index (Phi) is 4.57. The molecule has 1 aliphatic carbocycles. The number of anilines is 1. The van der Waals surface area contributed by atoms with Crippen LogP contribution in [0.4, 0.5) is 5.82 Å². The molecule has 1 aromatic heterocycles. The highest BCUT2D eigenvalue weighted by atomic mass is 16.2. The van der Waals surface area contributed by atoms with E-state index in [0.29, 0.717) is 6.04 Å². The summed E-state index contributed by atoms with van der Waals surface area (Å²) in [4.78, 5) is 14.7. The van der Waals surface area contributed by atoms with Gasteiger partial charge in [0.15, 0.2) is 0 Å².